The Labute approximate surface area is 95.3 Å². The van der Waals surface area contributed by atoms with Gasteiger partial charge in [0, 0.05) is 12.6 Å². The first-order valence-corrected chi connectivity index (χ1v) is 5.91. The minimum atomic E-state index is -0.256. The third-order valence-corrected chi connectivity index (χ3v) is 3.62. The summed E-state index contributed by atoms with van der Waals surface area (Å²) in [5, 5.41) is 2.36. The average molecular weight is 225 g/mol. The quantitative estimate of drug-likeness (QED) is 0.619. The van der Waals surface area contributed by atoms with E-state index in [1.807, 2.05) is 6.92 Å². The van der Waals surface area contributed by atoms with Crippen molar-refractivity contribution in [2.75, 3.05) is 13.1 Å². The van der Waals surface area contributed by atoms with E-state index in [0.29, 0.717) is 12.3 Å². The normalized spacial score (nSPS) is 33.9. The maximum absolute atomic E-state index is 11.6. The van der Waals surface area contributed by atoms with E-state index < -0.39 is 0 Å². The Morgan fingerprint density at radius 3 is 2.81 bits per heavy atom. The Bertz CT molecular complexity index is 304. The monoisotopic (exact) mass is 225 g/mol. The molecule has 0 saturated carbocycles. The largest absolute Gasteiger partial charge is 0.328 e. The summed E-state index contributed by atoms with van der Waals surface area (Å²) in [4.78, 5) is 24.8. The summed E-state index contributed by atoms with van der Waals surface area (Å²) in [6.07, 6.45) is 2.49. The molecule has 2 aliphatic rings. The van der Waals surface area contributed by atoms with Crippen LogP contribution < -0.4 is 11.1 Å². The first-order valence-electron chi connectivity index (χ1n) is 5.91. The van der Waals surface area contributed by atoms with Gasteiger partial charge in [0.2, 0.25) is 11.8 Å². The highest BCUT2D eigenvalue weighted by Crippen LogP contribution is 2.23. The molecule has 2 amide bonds. The van der Waals surface area contributed by atoms with Crippen LogP contribution in [0.2, 0.25) is 0 Å². The molecule has 0 aromatic rings. The number of nitrogens with one attached hydrogen (secondary N) is 1. The van der Waals surface area contributed by atoms with Gasteiger partial charge in [-0.05, 0) is 32.2 Å². The fourth-order valence-corrected chi connectivity index (χ4v) is 2.59. The molecule has 2 fully saturated rings. The van der Waals surface area contributed by atoms with Crippen molar-refractivity contribution < 1.29 is 9.59 Å². The zero-order valence-corrected chi connectivity index (χ0v) is 9.61. The van der Waals surface area contributed by atoms with Crippen molar-refractivity contribution in [3.05, 3.63) is 0 Å². The van der Waals surface area contributed by atoms with Crippen molar-refractivity contribution in [2.45, 2.75) is 38.3 Å². The topological polar surface area (TPSA) is 75.4 Å². The maximum atomic E-state index is 11.6. The fraction of sp³-hybridized carbons (Fsp3) is 0.818. The molecule has 16 heavy (non-hydrogen) atoms. The predicted molar refractivity (Wildman–Crippen MR) is 59.5 cm³/mol. The number of imide groups is 1. The van der Waals surface area contributed by atoms with Gasteiger partial charge in [0.05, 0.1) is 12.5 Å². The number of amides is 2. The van der Waals surface area contributed by atoms with Crippen LogP contribution >= 0.6 is 0 Å². The number of nitrogens with zero attached hydrogens (tertiary/aromatic N) is 1. The van der Waals surface area contributed by atoms with E-state index in [4.69, 9.17) is 5.73 Å². The summed E-state index contributed by atoms with van der Waals surface area (Å²) < 4.78 is 0. The van der Waals surface area contributed by atoms with Crippen LogP contribution in [0.3, 0.4) is 0 Å². The van der Waals surface area contributed by atoms with Gasteiger partial charge in [-0.1, -0.05) is 0 Å². The zero-order chi connectivity index (χ0) is 11.7. The van der Waals surface area contributed by atoms with Crippen molar-refractivity contribution in [1.82, 2.24) is 10.2 Å². The molecule has 0 aliphatic carbocycles. The van der Waals surface area contributed by atoms with E-state index in [2.05, 4.69) is 10.2 Å². The minimum absolute atomic E-state index is 0.143. The molecule has 2 saturated heterocycles. The third-order valence-electron chi connectivity index (χ3n) is 3.62. The number of hydrogen-bond donors (Lipinski definition) is 2. The number of carbonyl (C=O) groups excluding carboxylic acids is 2. The van der Waals surface area contributed by atoms with Gasteiger partial charge < -0.3 is 5.73 Å². The van der Waals surface area contributed by atoms with Crippen molar-refractivity contribution in [3.8, 4) is 0 Å². The van der Waals surface area contributed by atoms with Gasteiger partial charge in [0.25, 0.3) is 0 Å². The molecule has 3 unspecified atom stereocenters. The summed E-state index contributed by atoms with van der Waals surface area (Å²) in [5.41, 5.74) is 5.90. The highest BCUT2D eigenvalue weighted by atomic mass is 16.2. The number of hydrogen-bond acceptors (Lipinski definition) is 4. The average Bonchev–Trinajstić information content (AvgIpc) is 2.58. The molecule has 2 aliphatic heterocycles. The van der Waals surface area contributed by atoms with E-state index in [9.17, 15) is 9.59 Å². The molecule has 90 valence electrons. The first-order chi connectivity index (χ1) is 7.58. The predicted octanol–water partition coefficient (Wildman–Crippen LogP) is -0.539. The Morgan fingerprint density at radius 2 is 2.25 bits per heavy atom. The second-order valence-corrected chi connectivity index (χ2v) is 4.89. The fourth-order valence-electron chi connectivity index (χ4n) is 2.59. The highest BCUT2D eigenvalue weighted by molar-refractivity contribution is 6.05. The molecule has 5 nitrogen and oxygen atoms in total. The standard InChI is InChI=1S/C11H19N3O2/c1-7(12)8-3-2-4-14(6-8)9-5-10(15)13-11(9)16/h7-9H,2-6,12H2,1H3,(H,13,15,16). The molecule has 0 spiro atoms. The van der Waals surface area contributed by atoms with Gasteiger partial charge in [-0.3, -0.25) is 19.8 Å². The first kappa shape index (κ1) is 11.5. The SMILES string of the molecule is CC(N)C1CCCN(C2CC(=O)NC2=O)C1. The van der Waals surface area contributed by atoms with Crippen molar-refractivity contribution in [2.24, 2.45) is 11.7 Å². The van der Waals surface area contributed by atoms with Crippen LogP contribution in [-0.4, -0.2) is 41.9 Å². The van der Waals surface area contributed by atoms with Crippen LogP contribution in [0.25, 0.3) is 0 Å². The van der Waals surface area contributed by atoms with Crippen molar-refractivity contribution >= 4 is 11.8 Å². The second kappa shape index (κ2) is 4.51. The molecular weight excluding hydrogens is 206 g/mol. The lowest BCUT2D eigenvalue weighted by Gasteiger charge is -2.36. The zero-order valence-electron chi connectivity index (χ0n) is 9.61. The van der Waals surface area contributed by atoms with Gasteiger partial charge in [-0.25, -0.2) is 0 Å². The van der Waals surface area contributed by atoms with E-state index in [1.54, 1.807) is 0 Å². The summed E-state index contributed by atoms with van der Waals surface area (Å²) in [6, 6.07) is -0.1000. The number of piperidine rings is 1. The lowest BCUT2D eigenvalue weighted by atomic mass is 9.91. The molecule has 3 atom stereocenters. The molecule has 0 bridgehead atoms. The highest BCUT2D eigenvalue weighted by Gasteiger charge is 2.37. The molecule has 5 heteroatoms. The number of carbonyl (C=O) groups is 2. The third kappa shape index (κ3) is 2.25. The molecular formula is C11H19N3O2. The molecule has 2 rings (SSSR count). The van der Waals surface area contributed by atoms with Gasteiger partial charge in [-0.2, -0.15) is 0 Å². The smallest absolute Gasteiger partial charge is 0.244 e. The van der Waals surface area contributed by atoms with Crippen LogP contribution in [-0.2, 0) is 9.59 Å². The van der Waals surface area contributed by atoms with Crippen molar-refractivity contribution in [3.63, 3.8) is 0 Å². The van der Waals surface area contributed by atoms with Crippen LogP contribution in [0, 0.1) is 5.92 Å². The van der Waals surface area contributed by atoms with E-state index in [0.717, 1.165) is 25.9 Å². The number of rotatable bonds is 2. The second-order valence-electron chi connectivity index (χ2n) is 4.89. The maximum Gasteiger partial charge on any atom is 0.244 e. The molecule has 3 N–H and O–H groups in total. The summed E-state index contributed by atoms with van der Waals surface area (Å²) in [6.45, 7) is 3.74. The Kier molecular flexibility index (Phi) is 3.25. The van der Waals surface area contributed by atoms with E-state index in [1.165, 1.54) is 0 Å². The number of nitrogens with two attached hydrogens (primary N) is 1. The lowest BCUT2D eigenvalue weighted by Crippen LogP contribution is -2.49. The van der Waals surface area contributed by atoms with Gasteiger partial charge in [-0.15, -0.1) is 0 Å². The lowest BCUT2D eigenvalue weighted by molar-refractivity contribution is -0.126. The summed E-state index contributed by atoms with van der Waals surface area (Å²) >= 11 is 0. The van der Waals surface area contributed by atoms with Gasteiger partial charge in [0.15, 0.2) is 0 Å². The summed E-state index contributed by atoms with van der Waals surface area (Å²) in [7, 11) is 0. The van der Waals surface area contributed by atoms with Gasteiger partial charge >= 0.3 is 0 Å². The van der Waals surface area contributed by atoms with Gasteiger partial charge in [0.1, 0.15) is 0 Å². The van der Waals surface area contributed by atoms with Crippen LogP contribution in [0.15, 0.2) is 0 Å². The molecule has 0 radical (unpaired) electrons. The van der Waals surface area contributed by atoms with Crippen molar-refractivity contribution in [1.29, 1.82) is 0 Å². The molecule has 0 aromatic carbocycles. The van der Waals surface area contributed by atoms with Crippen LogP contribution in [0.5, 0.6) is 0 Å². The Hall–Kier alpha value is -0.940. The number of likely N-dealkylation sites (tertiary alicyclic amines) is 1. The van der Waals surface area contributed by atoms with E-state index >= 15 is 0 Å². The minimum Gasteiger partial charge on any atom is -0.328 e. The molecule has 0 aromatic heterocycles. The Balaban J connectivity index is 1.99. The van der Waals surface area contributed by atoms with Crippen LogP contribution in [0.4, 0.5) is 0 Å². The van der Waals surface area contributed by atoms with Crippen LogP contribution in [0.1, 0.15) is 26.2 Å². The molecule has 2 heterocycles. The van der Waals surface area contributed by atoms with E-state index in [-0.39, 0.29) is 23.9 Å². The summed E-state index contributed by atoms with van der Waals surface area (Å²) in [5.74, 6) is 0.144. The Morgan fingerprint density at radius 1 is 1.50 bits per heavy atom.